The van der Waals surface area contributed by atoms with Gasteiger partial charge in [-0.2, -0.15) is 11.3 Å². The summed E-state index contributed by atoms with van der Waals surface area (Å²) in [4.78, 5) is 0. The van der Waals surface area contributed by atoms with E-state index in [9.17, 15) is 8.42 Å². The van der Waals surface area contributed by atoms with Gasteiger partial charge in [0.25, 0.3) is 0 Å². The molecule has 2 N–H and O–H groups in total. The van der Waals surface area contributed by atoms with E-state index in [0.717, 1.165) is 0 Å². The van der Waals surface area contributed by atoms with E-state index >= 15 is 0 Å². The zero-order chi connectivity index (χ0) is 12.0. The van der Waals surface area contributed by atoms with Crippen LogP contribution in [0.1, 0.15) is 25.5 Å². The van der Waals surface area contributed by atoms with E-state index < -0.39 is 10.0 Å². The van der Waals surface area contributed by atoms with Crippen molar-refractivity contribution in [3.8, 4) is 0 Å². The summed E-state index contributed by atoms with van der Waals surface area (Å²) in [5.41, 5.74) is 1.24. The molecule has 1 unspecified atom stereocenters. The second-order valence-electron chi connectivity index (χ2n) is 3.53. The number of thiophene rings is 1. The minimum Gasteiger partial charge on any atom is -0.309 e. The molecule has 0 aliphatic rings. The van der Waals surface area contributed by atoms with E-state index in [2.05, 4.69) is 28.4 Å². The fourth-order valence-electron chi connectivity index (χ4n) is 1.24. The standard InChI is InChI=1S/C10H18N2O2S2/c1-3-16(13,14)12-6-5-11-9(2)10-4-7-15-8-10/h4,7-9,11-12H,3,5-6H2,1-2H3. The highest BCUT2D eigenvalue weighted by atomic mass is 32.2. The van der Waals surface area contributed by atoms with E-state index in [1.54, 1.807) is 18.3 Å². The van der Waals surface area contributed by atoms with Gasteiger partial charge in [-0.25, -0.2) is 13.1 Å². The molecule has 4 nitrogen and oxygen atoms in total. The molecular weight excluding hydrogens is 244 g/mol. The molecule has 0 saturated carbocycles. The molecule has 0 saturated heterocycles. The lowest BCUT2D eigenvalue weighted by Gasteiger charge is -2.12. The van der Waals surface area contributed by atoms with Crippen LogP contribution in [-0.4, -0.2) is 27.3 Å². The SMILES string of the molecule is CCS(=O)(=O)NCCNC(C)c1ccsc1. The van der Waals surface area contributed by atoms with Gasteiger partial charge in [-0.3, -0.25) is 0 Å². The van der Waals surface area contributed by atoms with Gasteiger partial charge >= 0.3 is 0 Å². The Hall–Kier alpha value is -0.430. The maximum Gasteiger partial charge on any atom is 0.211 e. The van der Waals surface area contributed by atoms with Crippen molar-refractivity contribution in [3.63, 3.8) is 0 Å². The average Bonchev–Trinajstić information content (AvgIpc) is 2.77. The molecule has 1 aromatic heterocycles. The molecule has 16 heavy (non-hydrogen) atoms. The third-order valence-corrected chi connectivity index (χ3v) is 4.43. The molecule has 0 aliphatic heterocycles. The Morgan fingerprint density at radius 2 is 2.19 bits per heavy atom. The predicted molar refractivity (Wildman–Crippen MR) is 68.2 cm³/mol. The monoisotopic (exact) mass is 262 g/mol. The van der Waals surface area contributed by atoms with Crippen LogP contribution in [0, 0.1) is 0 Å². The van der Waals surface area contributed by atoms with Crippen molar-refractivity contribution in [1.82, 2.24) is 10.0 Å². The summed E-state index contributed by atoms with van der Waals surface area (Å²) in [6.07, 6.45) is 0. The van der Waals surface area contributed by atoms with Crippen molar-refractivity contribution < 1.29 is 8.42 Å². The van der Waals surface area contributed by atoms with Gasteiger partial charge in [0.2, 0.25) is 10.0 Å². The Bertz CT molecular complexity index is 387. The van der Waals surface area contributed by atoms with Gasteiger partial charge in [-0.1, -0.05) is 0 Å². The first-order valence-corrected chi connectivity index (χ1v) is 7.87. The fraction of sp³-hybridized carbons (Fsp3) is 0.600. The number of hydrogen-bond acceptors (Lipinski definition) is 4. The molecule has 1 aromatic rings. The zero-order valence-corrected chi connectivity index (χ0v) is 11.2. The Labute approximate surface area is 101 Å². The molecule has 1 rings (SSSR count). The van der Waals surface area contributed by atoms with Crippen molar-refractivity contribution in [2.45, 2.75) is 19.9 Å². The summed E-state index contributed by atoms with van der Waals surface area (Å²) in [6.45, 7) is 4.76. The second kappa shape index (κ2) is 6.34. The Morgan fingerprint density at radius 1 is 1.44 bits per heavy atom. The third-order valence-electron chi connectivity index (χ3n) is 2.32. The Morgan fingerprint density at radius 3 is 2.75 bits per heavy atom. The molecule has 6 heteroatoms. The van der Waals surface area contributed by atoms with E-state index in [0.29, 0.717) is 13.1 Å². The average molecular weight is 262 g/mol. The van der Waals surface area contributed by atoms with Gasteiger partial charge in [-0.05, 0) is 36.2 Å². The molecule has 0 aliphatic carbocycles. The zero-order valence-electron chi connectivity index (χ0n) is 9.56. The molecule has 0 amide bonds. The summed E-state index contributed by atoms with van der Waals surface area (Å²) >= 11 is 1.66. The van der Waals surface area contributed by atoms with E-state index in [-0.39, 0.29) is 11.8 Å². The van der Waals surface area contributed by atoms with Crippen LogP contribution in [0.25, 0.3) is 0 Å². The highest BCUT2D eigenvalue weighted by molar-refractivity contribution is 7.89. The van der Waals surface area contributed by atoms with E-state index in [1.807, 2.05) is 5.38 Å². The van der Waals surface area contributed by atoms with Gasteiger partial charge in [0.05, 0.1) is 5.75 Å². The van der Waals surface area contributed by atoms with Crippen LogP contribution < -0.4 is 10.0 Å². The first kappa shape index (κ1) is 13.6. The number of sulfonamides is 1. The van der Waals surface area contributed by atoms with Crippen molar-refractivity contribution in [1.29, 1.82) is 0 Å². The summed E-state index contributed by atoms with van der Waals surface area (Å²) in [5, 5.41) is 7.39. The fourth-order valence-corrected chi connectivity index (χ4v) is 2.61. The predicted octanol–water partition coefficient (Wildman–Crippen LogP) is 1.34. The van der Waals surface area contributed by atoms with Gasteiger partial charge in [0, 0.05) is 19.1 Å². The number of hydrogen-bond donors (Lipinski definition) is 2. The van der Waals surface area contributed by atoms with Gasteiger partial charge < -0.3 is 5.32 Å². The minimum absolute atomic E-state index is 0.132. The number of rotatable bonds is 7. The lowest BCUT2D eigenvalue weighted by atomic mass is 10.2. The lowest BCUT2D eigenvalue weighted by Crippen LogP contribution is -2.33. The summed E-state index contributed by atoms with van der Waals surface area (Å²) < 4.78 is 24.8. The molecule has 0 spiro atoms. The highest BCUT2D eigenvalue weighted by Gasteiger charge is 2.07. The minimum atomic E-state index is -3.06. The molecule has 0 bridgehead atoms. The molecule has 1 heterocycles. The van der Waals surface area contributed by atoms with Crippen molar-refractivity contribution in [2.75, 3.05) is 18.8 Å². The highest BCUT2D eigenvalue weighted by Crippen LogP contribution is 2.14. The van der Waals surface area contributed by atoms with Crippen LogP contribution in [0.4, 0.5) is 0 Å². The van der Waals surface area contributed by atoms with Gasteiger partial charge in [-0.15, -0.1) is 0 Å². The summed E-state index contributed by atoms with van der Waals surface area (Å²) in [7, 11) is -3.06. The van der Waals surface area contributed by atoms with Crippen LogP contribution in [0.3, 0.4) is 0 Å². The Kier molecular flexibility index (Phi) is 5.40. The first-order valence-electron chi connectivity index (χ1n) is 5.28. The molecule has 1 atom stereocenters. The quantitative estimate of drug-likeness (QED) is 0.729. The van der Waals surface area contributed by atoms with Crippen molar-refractivity contribution in [3.05, 3.63) is 22.4 Å². The van der Waals surface area contributed by atoms with Gasteiger partial charge in [0.15, 0.2) is 0 Å². The third kappa shape index (κ3) is 4.61. The summed E-state index contributed by atoms with van der Waals surface area (Å²) in [5.74, 6) is 0.132. The van der Waals surface area contributed by atoms with Crippen LogP contribution in [0.5, 0.6) is 0 Å². The van der Waals surface area contributed by atoms with E-state index in [4.69, 9.17) is 0 Å². The normalized spacial score (nSPS) is 13.9. The lowest BCUT2D eigenvalue weighted by molar-refractivity contribution is 0.555. The molecule has 92 valence electrons. The first-order chi connectivity index (χ1) is 7.55. The van der Waals surface area contributed by atoms with Crippen LogP contribution in [-0.2, 0) is 10.0 Å². The van der Waals surface area contributed by atoms with Gasteiger partial charge in [0.1, 0.15) is 0 Å². The molecule has 0 radical (unpaired) electrons. The van der Waals surface area contributed by atoms with Crippen molar-refractivity contribution >= 4 is 21.4 Å². The maximum atomic E-state index is 11.1. The molecule has 0 fully saturated rings. The van der Waals surface area contributed by atoms with E-state index in [1.165, 1.54) is 5.56 Å². The second-order valence-corrected chi connectivity index (χ2v) is 6.41. The number of nitrogens with one attached hydrogen (secondary N) is 2. The topological polar surface area (TPSA) is 58.2 Å². The van der Waals surface area contributed by atoms with Crippen LogP contribution in [0.15, 0.2) is 16.8 Å². The molecular formula is C10H18N2O2S2. The van der Waals surface area contributed by atoms with Crippen LogP contribution in [0.2, 0.25) is 0 Å². The van der Waals surface area contributed by atoms with Crippen LogP contribution >= 0.6 is 11.3 Å². The maximum absolute atomic E-state index is 11.1. The smallest absolute Gasteiger partial charge is 0.211 e. The van der Waals surface area contributed by atoms with Crippen molar-refractivity contribution in [2.24, 2.45) is 0 Å². The molecule has 0 aromatic carbocycles. The summed E-state index contributed by atoms with van der Waals surface area (Å²) in [6, 6.07) is 2.33. The largest absolute Gasteiger partial charge is 0.309 e. The Balaban J connectivity index is 2.22.